The van der Waals surface area contributed by atoms with Crippen LogP contribution in [-0.2, 0) is 11.3 Å². The quantitative estimate of drug-likeness (QED) is 0.308. The fourth-order valence-electron chi connectivity index (χ4n) is 4.20. The van der Waals surface area contributed by atoms with E-state index in [-0.39, 0.29) is 0 Å². The molecule has 3 aromatic rings. The topological polar surface area (TPSA) is 54.5 Å². The lowest BCUT2D eigenvalue weighted by Crippen LogP contribution is -2.46. The third-order valence-corrected chi connectivity index (χ3v) is 7.07. The SMILES string of the molecule is COC(=O)c1ccc(N2CCN(Cc3cc(OCCN(C)C)ccc3Br)CC2)cc1Oc1ccccc1. The number of para-hydroxylation sites is 1. The molecule has 0 aromatic heterocycles. The van der Waals surface area contributed by atoms with Crippen molar-refractivity contribution in [3.8, 4) is 17.2 Å². The predicted molar refractivity (Wildman–Crippen MR) is 150 cm³/mol. The maximum atomic E-state index is 12.3. The summed E-state index contributed by atoms with van der Waals surface area (Å²) in [4.78, 5) is 19.2. The zero-order valence-electron chi connectivity index (χ0n) is 21.7. The van der Waals surface area contributed by atoms with Crippen molar-refractivity contribution in [1.29, 1.82) is 0 Å². The van der Waals surface area contributed by atoms with Gasteiger partial charge in [0.1, 0.15) is 29.4 Å². The number of nitrogens with zero attached hydrogens (tertiary/aromatic N) is 3. The molecule has 1 heterocycles. The molecule has 0 aliphatic carbocycles. The third kappa shape index (κ3) is 7.47. The second-order valence-electron chi connectivity index (χ2n) is 9.26. The van der Waals surface area contributed by atoms with Gasteiger partial charge in [-0.15, -0.1) is 0 Å². The van der Waals surface area contributed by atoms with Crippen molar-refractivity contribution in [1.82, 2.24) is 9.80 Å². The van der Waals surface area contributed by atoms with Gasteiger partial charge in [0.05, 0.1) is 7.11 Å². The molecule has 1 aliphatic rings. The lowest BCUT2D eigenvalue weighted by atomic mass is 10.1. The number of likely N-dealkylation sites (N-methyl/N-ethyl adjacent to an activating group) is 1. The Morgan fingerprint density at radius 3 is 2.41 bits per heavy atom. The van der Waals surface area contributed by atoms with Crippen molar-refractivity contribution < 1.29 is 19.0 Å². The molecule has 8 heteroatoms. The number of benzene rings is 3. The zero-order chi connectivity index (χ0) is 26.2. The molecule has 4 rings (SSSR count). The molecule has 1 aliphatic heterocycles. The average molecular weight is 569 g/mol. The summed E-state index contributed by atoms with van der Waals surface area (Å²) in [6.45, 7) is 5.99. The lowest BCUT2D eigenvalue weighted by molar-refractivity contribution is 0.0598. The van der Waals surface area contributed by atoms with E-state index in [1.807, 2.05) is 62.6 Å². The van der Waals surface area contributed by atoms with Crippen LogP contribution in [0.5, 0.6) is 17.2 Å². The van der Waals surface area contributed by atoms with Gasteiger partial charge in [0, 0.05) is 55.5 Å². The van der Waals surface area contributed by atoms with Gasteiger partial charge in [0.2, 0.25) is 0 Å². The molecule has 1 saturated heterocycles. The van der Waals surface area contributed by atoms with Crippen LogP contribution in [0.2, 0.25) is 0 Å². The van der Waals surface area contributed by atoms with Gasteiger partial charge >= 0.3 is 5.97 Å². The summed E-state index contributed by atoms with van der Waals surface area (Å²) in [6.07, 6.45) is 0. The lowest BCUT2D eigenvalue weighted by Gasteiger charge is -2.36. The highest BCUT2D eigenvalue weighted by molar-refractivity contribution is 9.10. The second kappa shape index (κ2) is 12.9. The average Bonchev–Trinajstić information content (AvgIpc) is 2.91. The Morgan fingerprint density at radius 1 is 0.946 bits per heavy atom. The minimum absolute atomic E-state index is 0.409. The molecule has 0 amide bonds. The number of esters is 1. The van der Waals surface area contributed by atoms with E-state index in [0.717, 1.165) is 55.2 Å². The summed E-state index contributed by atoms with van der Waals surface area (Å²) in [5.41, 5.74) is 2.65. The standard InChI is InChI=1S/C29H34BrN3O4/c1-31(2)17-18-36-25-10-12-27(30)22(19-25)21-32-13-15-33(16-14-32)23-9-11-26(29(34)35-3)28(20-23)37-24-7-5-4-6-8-24/h4-12,19-20H,13-18,21H2,1-3H3. The Morgan fingerprint density at radius 2 is 1.70 bits per heavy atom. The number of hydrogen-bond acceptors (Lipinski definition) is 7. The van der Waals surface area contributed by atoms with Crippen LogP contribution in [0.15, 0.2) is 71.2 Å². The Hall–Kier alpha value is -3.07. The van der Waals surface area contributed by atoms with Crippen LogP contribution in [-0.4, -0.2) is 76.3 Å². The number of piperazine rings is 1. The number of ether oxygens (including phenoxy) is 3. The van der Waals surface area contributed by atoms with E-state index >= 15 is 0 Å². The van der Waals surface area contributed by atoms with Crippen molar-refractivity contribution >= 4 is 27.6 Å². The molecular formula is C29H34BrN3O4. The Labute approximate surface area is 227 Å². The van der Waals surface area contributed by atoms with Gasteiger partial charge in [0.25, 0.3) is 0 Å². The second-order valence-corrected chi connectivity index (χ2v) is 10.1. The first kappa shape index (κ1) is 27.0. The van der Waals surface area contributed by atoms with Gasteiger partial charge in [-0.3, -0.25) is 4.90 Å². The van der Waals surface area contributed by atoms with Crippen LogP contribution in [0.4, 0.5) is 5.69 Å². The molecule has 7 nitrogen and oxygen atoms in total. The number of halogens is 1. The highest BCUT2D eigenvalue weighted by Gasteiger charge is 2.21. The van der Waals surface area contributed by atoms with Crippen LogP contribution >= 0.6 is 15.9 Å². The summed E-state index contributed by atoms with van der Waals surface area (Å²) in [7, 11) is 5.47. The van der Waals surface area contributed by atoms with Crippen molar-refractivity contribution in [2.75, 3.05) is 65.4 Å². The molecule has 0 unspecified atom stereocenters. The largest absolute Gasteiger partial charge is 0.492 e. The fraction of sp³-hybridized carbons (Fsp3) is 0.345. The third-order valence-electron chi connectivity index (χ3n) is 6.30. The van der Waals surface area contributed by atoms with E-state index in [4.69, 9.17) is 14.2 Å². The van der Waals surface area contributed by atoms with Crippen molar-refractivity contribution in [3.63, 3.8) is 0 Å². The summed E-state index contributed by atoms with van der Waals surface area (Å²) in [5.74, 6) is 1.65. The first-order valence-electron chi connectivity index (χ1n) is 12.4. The molecule has 0 saturated carbocycles. The predicted octanol–water partition coefficient (Wildman–Crippen LogP) is 5.29. The minimum Gasteiger partial charge on any atom is -0.492 e. The summed E-state index contributed by atoms with van der Waals surface area (Å²) in [6, 6.07) is 21.3. The van der Waals surface area contributed by atoms with Gasteiger partial charge in [-0.05, 0) is 62.1 Å². The van der Waals surface area contributed by atoms with Crippen molar-refractivity contribution in [2.45, 2.75) is 6.54 Å². The van der Waals surface area contributed by atoms with E-state index in [1.54, 1.807) is 6.07 Å². The van der Waals surface area contributed by atoms with E-state index in [2.05, 4.69) is 42.8 Å². The summed E-state index contributed by atoms with van der Waals surface area (Å²) in [5, 5.41) is 0. The number of carbonyl (C=O) groups excluding carboxylic acids is 1. The molecule has 0 radical (unpaired) electrons. The van der Waals surface area contributed by atoms with Crippen LogP contribution in [0.3, 0.4) is 0 Å². The molecule has 0 atom stereocenters. The maximum Gasteiger partial charge on any atom is 0.341 e. The number of methoxy groups -OCH3 is 1. The van der Waals surface area contributed by atoms with Crippen LogP contribution in [0.1, 0.15) is 15.9 Å². The van der Waals surface area contributed by atoms with Crippen molar-refractivity contribution in [2.24, 2.45) is 0 Å². The van der Waals surface area contributed by atoms with Crippen LogP contribution < -0.4 is 14.4 Å². The Kier molecular flexibility index (Phi) is 9.44. The van der Waals surface area contributed by atoms with Crippen LogP contribution in [0.25, 0.3) is 0 Å². The molecule has 1 fully saturated rings. The maximum absolute atomic E-state index is 12.3. The highest BCUT2D eigenvalue weighted by atomic mass is 79.9. The first-order valence-corrected chi connectivity index (χ1v) is 13.2. The van der Waals surface area contributed by atoms with Gasteiger partial charge in [-0.2, -0.15) is 0 Å². The van der Waals surface area contributed by atoms with Gasteiger partial charge < -0.3 is 24.0 Å². The monoisotopic (exact) mass is 567 g/mol. The molecule has 37 heavy (non-hydrogen) atoms. The van der Waals surface area contributed by atoms with Gasteiger partial charge in [-0.1, -0.05) is 34.1 Å². The van der Waals surface area contributed by atoms with Crippen LogP contribution in [0, 0.1) is 0 Å². The molecule has 0 spiro atoms. The van der Waals surface area contributed by atoms with Crippen molar-refractivity contribution in [3.05, 3.63) is 82.3 Å². The Balaban J connectivity index is 1.40. The Bertz CT molecular complexity index is 1180. The number of anilines is 1. The highest BCUT2D eigenvalue weighted by Crippen LogP contribution is 2.31. The number of rotatable bonds is 10. The number of hydrogen-bond donors (Lipinski definition) is 0. The van der Waals surface area contributed by atoms with E-state index in [9.17, 15) is 4.79 Å². The smallest absolute Gasteiger partial charge is 0.341 e. The molecule has 0 N–H and O–H groups in total. The summed E-state index contributed by atoms with van der Waals surface area (Å²) >= 11 is 3.70. The van der Waals surface area contributed by atoms with E-state index < -0.39 is 5.97 Å². The van der Waals surface area contributed by atoms with E-state index in [0.29, 0.717) is 23.7 Å². The zero-order valence-corrected chi connectivity index (χ0v) is 23.2. The number of carbonyl (C=O) groups is 1. The molecule has 196 valence electrons. The summed E-state index contributed by atoms with van der Waals surface area (Å²) < 4.78 is 18.1. The molecular weight excluding hydrogens is 534 g/mol. The normalized spacial score (nSPS) is 14.0. The van der Waals surface area contributed by atoms with Gasteiger partial charge in [0.15, 0.2) is 0 Å². The van der Waals surface area contributed by atoms with Gasteiger partial charge in [-0.25, -0.2) is 4.79 Å². The first-order chi connectivity index (χ1) is 17.9. The van der Waals surface area contributed by atoms with E-state index in [1.165, 1.54) is 12.7 Å². The minimum atomic E-state index is -0.416. The fourth-order valence-corrected chi connectivity index (χ4v) is 4.57. The molecule has 0 bridgehead atoms. The molecule has 3 aromatic carbocycles.